The molecule has 4 rings (SSSR count). The van der Waals surface area contributed by atoms with E-state index in [1.54, 1.807) is 0 Å². The molecule has 2 unspecified atom stereocenters. The molecule has 2 fully saturated rings. The largest absolute Gasteiger partial charge is 0.362 e. The van der Waals surface area contributed by atoms with E-state index in [2.05, 4.69) is 35.6 Å². The van der Waals surface area contributed by atoms with Gasteiger partial charge in [0.15, 0.2) is 0 Å². The van der Waals surface area contributed by atoms with Gasteiger partial charge in [-0.3, -0.25) is 0 Å². The van der Waals surface area contributed by atoms with Crippen molar-refractivity contribution >= 4 is 16.5 Å². The minimum atomic E-state index is 0.0789. The van der Waals surface area contributed by atoms with Gasteiger partial charge >= 0.3 is 0 Å². The normalized spacial score (nSPS) is 25.4. The second-order valence-electron chi connectivity index (χ2n) is 6.96. The van der Waals surface area contributed by atoms with Crippen LogP contribution in [-0.4, -0.2) is 11.6 Å². The maximum atomic E-state index is 9.42. The third-order valence-electron chi connectivity index (χ3n) is 5.77. The van der Waals surface area contributed by atoms with Gasteiger partial charge in [0.05, 0.1) is 17.7 Å². The maximum Gasteiger partial charge on any atom is 0.0998 e. The molecule has 2 aliphatic rings. The van der Waals surface area contributed by atoms with E-state index >= 15 is 0 Å². The molecular weight excluding hydrogens is 294 g/mol. The van der Waals surface area contributed by atoms with E-state index in [0.29, 0.717) is 12.5 Å². The van der Waals surface area contributed by atoms with Crippen LogP contribution in [0.3, 0.4) is 0 Å². The lowest BCUT2D eigenvalue weighted by atomic mass is 9.83. The molecule has 2 bridgehead atoms. The van der Waals surface area contributed by atoms with E-state index in [1.807, 2.05) is 24.3 Å². The minimum Gasteiger partial charge on any atom is -0.362 e. The standard InChI is InChI=1S/C21H20N3/c22-14-4-12-21-11-3-5-17(10-13-21)24(21)20-9-8-16(15-23)18-6-1-2-7-19(18)20/h1-3,6-9,17H,4-5,10-13H2. The summed E-state index contributed by atoms with van der Waals surface area (Å²) in [4.78, 5) is 2.59. The third kappa shape index (κ3) is 2.16. The van der Waals surface area contributed by atoms with Crippen molar-refractivity contribution in [3.05, 3.63) is 48.4 Å². The van der Waals surface area contributed by atoms with Crippen LogP contribution in [0.2, 0.25) is 0 Å². The van der Waals surface area contributed by atoms with E-state index in [9.17, 15) is 5.26 Å². The average molecular weight is 314 g/mol. The molecule has 0 spiro atoms. The number of fused-ring (bicyclic) bond motifs is 3. The number of rotatable bonds is 3. The molecule has 2 heterocycles. The number of nitrogens with zero attached hydrogens (tertiary/aromatic N) is 3. The van der Waals surface area contributed by atoms with Crippen LogP contribution in [-0.2, 0) is 0 Å². The highest BCUT2D eigenvalue weighted by molar-refractivity contribution is 5.98. The van der Waals surface area contributed by atoms with Gasteiger partial charge in [-0.25, -0.2) is 0 Å². The molecule has 3 nitrogen and oxygen atoms in total. The summed E-state index contributed by atoms with van der Waals surface area (Å²) in [6.07, 6.45) is 8.45. The van der Waals surface area contributed by atoms with Gasteiger partial charge in [-0.1, -0.05) is 24.3 Å². The van der Waals surface area contributed by atoms with Gasteiger partial charge in [-0.15, -0.1) is 0 Å². The van der Waals surface area contributed by atoms with Crippen molar-refractivity contribution in [2.24, 2.45) is 0 Å². The molecule has 3 heteroatoms. The van der Waals surface area contributed by atoms with Gasteiger partial charge < -0.3 is 4.90 Å². The Morgan fingerprint density at radius 2 is 1.96 bits per heavy atom. The molecule has 0 aliphatic carbocycles. The number of anilines is 1. The summed E-state index contributed by atoms with van der Waals surface area (Å²) in [6.45, 7) is 0. The first-order valence-corrected chi connectivity index (χ1v) is 8.69. The molecule has 2 saturated heterocycles. The summed E-state index contributed by atoms with van der Waals surface area (Å²) in [5.41, 5.74) is 2.05. The number of piperidine rings is 1. The van der Waals surface area contributed by atoms with Crippen LogP contribution in [0.1, 0.15) is 44.1 Å². The third-order valence-corrected chi connectivity index (χ3v) is 5.77. The second kappa shape index (κ2) is 5.84. The summed E-state index contributed by atoms with van der Waals surface area (Å²) < 4.78 is 0. The van der Waals surface area contributed by atoms with Crippen LogP contribution in [0, 0.1) is 29.1 Å². The predicted octanol–water partition coefficient (Wildman–Crippen LogP) is 4.72. The Hall–Kier alpha value is -2.52. The van der Waals surface area contributed by atoms with Gasteiger partial charge in [-0.05, 0) is 50.7 Å². The molecule has 2 aromatic carbocycles. The van der Waals surface area contributed by atoms with Gasteiger partial charge in [0, 0.05) is 34.5 Å². The predicted molar refractivity (Wildman–Crippen MR) is 95.3 cm³/mol. The second-order valence-corrected chi connectivity index (χ2v) is 6.96. The highest BCUT2D eigenvalue weighted by Gasteiger charge is 2.48. The SMILES string of the molecule is N#CCCC12C[CH]CC(CC1)N2c1ccc(C#N)c2ccccc12. The molecule has 0 aromatic heterocycles. The van der Waals surface area contributed by atoms with Crippen molar-refractivity contribution in [1.82, 2.24) is 0 Å². The van der Waals surface area contributed by atoms with Gasteiger partial charge in [0.1, 0.15) is 0 Å². The van der Waals surface area contributed by atoms with Crippen molar-refractivity contribution in [2.75, 3.05) is 4.90 Å². The minimum absolute atomic E-state index is 0.0789. The topological polar surface area (TPSA) is 50.8 Å². The number of hydrogen-bond acceptors (Lipinski definition) is 3. The quantitative estimate of drug-likeness (QED) is 0.823. The summed E-state index contributed by atoms with van der Waals surface area (Å²) in [6, 6.07) is 17.5. The van der Waals surface area contributed by atoms with E-state index < -0.39 is 0 Å². The van der Waals surface area contributed by atoms with Gasteiger partial charge in [0.25, 0.3) is 0 Å². The lowest BCUT2D eigenvalue weighted by Crippen LogP contribution is -2.50. The van der Waals surface area contributed by atoms with Crippen LogP contribution in [0.25, 0.3) is 10.8 Å². The van der Waals surface area contributed by atoms with E-state index in [4.69, 9.17) is 5.26 Å². The zero-order valence-corrected chi connectivity index (χ0v) is 13.7. The van der Waals surface area contributed by atoms with E-state index in [-0.39, 0.29) is 5.54 Å². The molecule has 2 aromatic rings. The summed E-state index contributed by atoms with van der Waals surface area (Å²) in [7, 11) is 0. The Balaban J connectivity index is 1.87. The number of hydrogen-bond donors (Lipinski definition) is 0. The van der Waals surface area contributed by atoms with Crippen molar-refractivity contribution < 1.29 is 0 Å². The number of nitriles is 2. The average Bonchev–Trinajstić information content (AvgIpc) is 2.84. The highest BCUT2D eigenvalue weighted by Crippen LogP contribution is 2.50. The zero-order valence-electron chi connectivity index (χ0n) is 13.7. The lowest BCUT2D eigenvalue weighted by Gasteiger charge is -2.47. The maximum absolute atomic E-state index is 9.42. The molecule has 1 radical (unpaired) electrons. The Kier molecular flexibility index (Phi) is 3.66. The highest BCUT2D eigenvalue weighted by atomic mass is 15.3. The summed E-state index contributed by atoms with van der Waals surface area (Å²) in [5, 5.41) is 20.7. The van der Waals surface area contributed by atoms with Crippen LogP contribution in [0.15, 0.2) is 36.4 Å². The first kappa shape index (κ1) is 15.0. The molecule has 24 heavy (non-hydrogen) atoms. The smallest absolute Gasteiger partial charge is 0.0998 e. The first-order chi connectivity index (χ1) is 11.8. The Bertz CT molecular complexity index is 853. The zero-order chi connectivity index (χ0) is 16.6. The molecule has 0 saturated carbocycles. The lowest BCUT2D eigenvalue weighted by molar-refractivity contribution is 0.357. The Morgan fingerprint density at radius 1 is 1.12 bits per heavy atom. The van der Waals surface area contributed by atoms with E-state index in [0.717, 1.165) is 42.0 Å². The van der Waals surface area contributed by atoms with Crippen LogP contribution in [0.5, 0.6) is 0 Å². The van der Waals surface area contributed by atoms with Crippen molar-refractivity contribution in [1.29, 1.82) is 10.5 Å². The van der Waals surface area contributed by atoms with Crippen LogP contribution >= 0.6 is 0 Å². The van der Waals surface area contributed by atoms with Crippen LogP contribution < -0.4 is 4.90 Å². The Labute approximate surface area is 143 Å². The van der Waals surface area contributed by atoms with Crippen molar-refractivity contribution in [2.45, 2.75) is 50.1 Å². The molecule has 0 amide bonds. The van der Waals surface area contributed by atoms with E-state index in [1.165, 1.54) is 12.1 Å². The molecule has 0 N–H and O–H groups in total. The Morgan fingerprint density at radius 3 is 2.75 bits per heavy atom. The fourth-order valence-corrected chi connectivity index (χ4v) is 4.72. The molecule has 2 aliphatic heterocycles. The fraction of sp³-hybridized carbons (Fsp3) is 0.381. The summed E-state index contributed by atoms with van der Waals surface area (Å²) in [5.74, 6) is 0. The van der Waals surface area contributed by atoms with Crippen molar-refractivity contribution in [3.63, 3.8) is 0 Å². The fourth-order valence-electron chi connectivity index (χ4n) is 4.72. The molecule has 119 valence electrons. The monoisotopic (exact) mass is 314 g/mol. The van der Waals surface area contributed by atoms with Gasteiger partial charge in [-0.2, -0.15) is 10.5 Å². The number of benzene rings is 2. The van der Waals surface area contributed by atoms with Crippen molar-refractivity contribution in [3.8, 4) is 12.1 Å². The summed E-state index contributed by atoms with van der Waals surface area (Å²) >= 11 is 0. The first-order valence-electron chi connectivity index (χ1n) is 8.69. The molecule has 2 atom stereocenters. The van der Waals surface area contributed by atoms with Gasteiger partial charge in [0.2, 0.25) is 0 Å². The molecular formula is C21H20N3. The van der Waals surface area contributed by atoms with Crippen LogP contribution in [0.4, 0.5) is 5.69 Å².